The first-order valence-electron chi connectivity index (χ1n) is 6.14. The van der Waals surface area contributed by atoms with Crippen molar-refractivity contribution in [3.63, 3.8) is 0 Å². The molecule has 2 aromatic carbocycles. The summed E-state index contributed by atoms with van der Waals surface area (Å²) in [6.07, 6.45) is -0.224. The zero-order valence-electron chi connectivity index (χ0n) is 10.2. The Morgan fingerprint density at radius 3 is 2.42 bits per heavy atom. The van der Waals surface area contributed by atoms with E-state index in [1.165, 1.54) is 0 Å². The van der Waals surface area contributed by atoms with Gasteiger partial charge in [0.05, 0.1) is 5.56 Å². The van der Waals surface area contributed by atoms with Gasteiger partial charge in [-0.15, -0.1) is 0 Å². The van der Waals surface area contributed by atoms with Gasteiger partial charge in [-0.2, -0.15) is 0 Å². The summed E-state index contributed by atoms with van der Waals surface area (Å²) in [5.74, 6) is -0.563. The molecular formula is C16H12O3. The molecule has 0 saturated heterocycles. The molecular weight excluding hydrogens is 240 g/mol. The van der Waals surface area contributed by atoms with Gasteiger partial charge in [0.2, 0.25) is 5.78 Å². The van der Waals surface area contributed by atoms with Gasteiger partial charge in [0.25, 0.3) is 0 Å². The van der Waals surface area contributed by atoms with E-state index >= 15 is 0 Å². The second-order valence-electron chi connectivity index (χ2n) is 4.49. The quantitative estimate of drug-likeness (QED) is 0.772. The van der Waals surface area contributed by atoms with Crippen LogP contribution in [-0.4, -0.2) is 17.9 Å². The van der Waals surface area contributed by atoms with Crippen LogP contribution in [0.4, 0.5) is 0 Å². The molecule has 2 aromatic rings. The third-order valence-electron chi connectivity index (χ3n) is 3.24. The Morgan fingerprint density at radius 2 is 1.68 bits per heavy atom. The monoisotopic (exact) mass is 252 g/mol. The van der Waals surface area contributed by atoms with Crippen molar-refractivity contribution in [1.82, 2.24) is 0 Å². The fraction of sp³-hybridized carbons (Fsp3) is 0.125. The van der Waals surface area contributed by atoms with Gasteiger partial charge >= 0.3 is 5.97 Å². The maximum Gasteiger partial charge on any atom is 0.338 e. The topological polar surface area (TPSA) is 43.4 Å². The predicted molar refractivity (Wildman–Crippen MR) is 70.1 cm³/mol. The summed E-state index contributed by atoms with van der Waals surface area (Å²) >= 11 is 0. The molecule has 0 saturated carbocycles. The first kappa shape index (κ1) is 11.7. The number of rotatable bonds is 2. The molecule has 0 N–H and O–H groups in total. The molecule has 0 fully saturated rings. The van der Waals surface area contributed by atoms with E-state index in [-0.39, 0.29) is 5.78 Å². The molecule has 1 unspecified atom stereocenters. The molecule has 0 aliphatic heterocycles. The molecule has 1 aliphatic rings. The van der Waals surface area contributed by atoms with Crippen molar-refractivity contribution in [1.29, 1.82) is 0 Å². The van der Waals surface area contributed by atoms with E-state index < -0.39 is 12.1 Å². The molecule has 0 heterocycles. The highest BCUT2D eigenvalue weighted by Crippen LogP contribution is 2.24. The number of ketones is 1. The van der Waals surface area contributed by atoms with Crippen molar-refractivity contribution in [2.75, 3.05) is 0 Å². The fourth-order valence-electron chi connectivity index (χ4n) is 2.27. The third kappa shape index (κ3) is 2.15. The molecule has 0 radical (unpaired) electrons. The lowest BCUT2D eigenvalue weighted by Gasteiger charge is -2.10. The predicted octanol–water partition coefficient (Wildman–Crippen LogP) is 2.65. The number of fused-ring (bicyclic) bond motifs is 1. The molecule has 0 spiro atoms. The van der Waals surface area contributed by atoms with Gasteiger partial charge in [-0.1, -0.05) is 42.5 Å². The van der Waals surface area contributed by atoms with Crippen LogP contribution in [0.3, 0.4) is 0 Å². The normalized spacial score (nSPS) is 17.1. The standard InChI is InChI=1S/C16H12O3/c17-15-13-9-5-4-8-12(13)10-14(15)19-16(18)11-6-2-1-3-7-11/h1-9,14H,10H2. The Morgan fingerprint density at radius 1 is 1.00 bits per heavy atom. The lowest BCUT2D eigenvalue weighted by molar-refractivity contribution is 0.0304. The summed E-state index contributed by atoms with van der Waals surface area (Å²) in [5, 5.41) is 0. The SMILES string of the molecule is O=C(OC1Cc2ccccc2C1=O)c1ccccc1. The molecule has 3 rings (SSSR count). The van der Waals surface area contributed by atoms with E-state index in [1.54, 1.807) is 30.3 Å². The van der Waals surface area contributed by atoms with E-state index in [0.717, 1.165) is 5.56 Å². The molecule has 3 heteroatoms. The van der Waals surface area contributed by atoms with Crippen molar-refractivity contribution in [3.8, 4) is 0 Å². The molecule has 0 aromatic heterocycles. The number of hydrogen-bond acceptors (Lipinski definition) is 3. The second-order valence-corrected chi connectivity index (χ2v) is 4.49. The van der Waals surface area contributed by atoms with Gasteiger partial charge in [-0.05, 0) is 17.7 Å². The highest BCUT2D eigenvalue weighted by Gasteiger charge is 2.33. The number of carbonyl (C=O) groups is 2. The van der Waals surface area contributed by atoms with Crippen LogP contribution in [-0.2, 0) is 11.2 Å². The summed E-state index contributed by atoms with van der Waals surface area (Å²) in [7, 11) is 0. The maximum atomic E-state index is 12.1. The van der Waals surface area contributed by atoms with Gasteiger partial charge in [-0.3, -0.25) is 4.79 Å². The molecule has 0 amide bonds. The van der Waals surface area contributed by atoms with Crippen LogP contribution < -0.4 is 0 Å². The highest BCUT2D eigenvalue weighted by atomic mass is 16.5. The highest BCUT2D eigenvalue weighted by molar-refractivity contribution is 6.05. The lowest BCUT2D eigenvalue weighted by Crippen LogP contribution is -2.24. The Bertz CT molecular complexity index is 631. The summed E-state index contributed by atoms with van der Waals surface area (Å²) in [6.45, 7) is 0. The van der Waals surface area contributed by atoms with Crippen LogP contribution in [0.15, 0.2) is 54.6 Å². The largest absolute Gasteiger partial charge is 0.450 e. The van der Waals surface area contributed by atoms with E-state index in [4.69, 9.17) is 4.74 Å². The third-order valence-corrected chi connectivity index (χ3v) is 3.24. The number of esters is 1. The Kier molecular flexibility index (Phi) is 2.88. The number of benzene rings is 2. The summed E-state index contributed by atoms with van der Waals surface area (Å²) in [6, 6.07) is 16.1. The van der Waals surface area contributed by atoms with E-state index in [9.17, 15) is 9.59 Å². The maximum absolute atomic E-state index is 12.1. The van der Waals surface area contributed by atoms with E-state index in [0.29, 0.717) is 17.5 Å². The summed E-state index contributed by atoms with van der Waals surface area (Å²) in [5.41, 5.74) is 2.07. The van der Waals surface area contributed by atoms with Gasteiger partial charge in [0.15, 0.2) is 6.10 Å². The summed E-state index contributed by atoms with van der Waals surface area (Å²) < 4.78 is 5.30. The van der Waals surface area contributed by atoms with Crippen molar-refractivity contribution >= 4 is 11.8 Å². The van der Waals surface area contributed by atoms with Gasteiger partial charge < -0.3 is 4.74 Å². The second kappa shape index (κ2) is 4.69. The van der Waals surface area contributed by atoms with E-state index in [1.807, 2.05) is 24.3 Å². The molecule has 3 nitrogen and oxygen atoms in total. The number of carbonyl (C=O) groups excluding carboxylic acids is 2. The fourth-order valence-corrected chi connectivity index (χ4v) is 2.27. The lowest BCUT2D eigenvalue weighted by atomic mass is 10.1. The average Bonchev–Trinajstić information content (AvgIpc) is 2.77. The average molecular weight is 252 g/mol. The minimum Gasteiger partial charge on any atom is -0.450 e. The van der Waals surface area contributed by atoms with Crippen molar-refractivity contribution < 1.29 is 14.3 Å². The molecule has 19 heavy (non-hydrogen) atoms. The van der Waals surface area contributed by atoms with Crippen molar-refractivity contribution in [3.05, 3.63) is 71.3 Å². The minimum atomic E-state index is -0.690. The van der Waals surface area contributed by atoms with Gasteiger partial charge in [0.1, 0.15) is 0 Å². The molecule has 1 atom stereocenters. The molecule has 94 valence electrons. The number of hydrogen-bond donors (Lipinski definition) is 0. The number of ether oxygens (including phenoxy) is 1. The van der Waals surface area contributed by atoms with E-state index in [2.05, 4.69) is 0 Å². The van der Waals surface area contributed by atoms with Gasteiger partial charge in [-0.25, -0.2) is 4.79 Å². The zero-order chi connectivity index (χ0) is 13.2. The van der Waals surface area contributed by atoms with Crippen LogP contribution in [0.1, 0.15) is 26.3 Å². The zero-order valence-corrected chi connectivity index (χ0v) is 10.2. The van der Waals surface area contributed by atoms with Crippen LogP contribution in [0.25, 0.3) is 0 Å². The molecule has 0 bridgehead atoms. The Labute approximate surface area is 110 Å². The number of Topliss-reactive ketones (excluding diaryl/α,β-unsaturated/α-hetero) is 1. The van der Waals surface area contributed by atoms with Crippen molar-refractivity contribution in [2.24, 2.45) is 0 Å². The van der Waals surface area contributed by atoms with Crippen LogP contribution in [0.2, 0.25) is 0 Å². The smallest absolute Gasteiger partial charge is 0.338 e. The summed E-state index contributed by atoms with van der Waals surface area (Å²) in [4.78, 5) is 24.0. The first-order chi connectivity index (χ1) is 9.25. The minimum absolute atomic E-state index is 0.111. The Hall–Kier alpha value is -2.42. The van der Waals surface area contributed by atoms with Gasteiger partial charge in [0, 0.05) is 12.0 Å². The van der Waals surface area contributed by atoms with Crippen LogP contribution >= 0.6 is 0 Å². The van der Waals surface area contributed by atoms with Crippen molar-refractivity contribution in [2.45, 2.75) is 12.5 Å². The first-order valence-corrected chi connectivity index (χ1v) is 6.14. The molecule has 1 aliphatic carbocycles. The van der Waals surface area contributed by atoms with Crippen LogP contribution in [0.5, 0.6) is 0 Å². The van der Waals surface area contributed by atoms with Crippen LogP contribution in [0, 0.1) is 0 Å². The Balaban J connectivity index is 1.77.